The van der Waals surface area contributed by atoms with Crippen molar-refractivity contribution in [2.75, 3.05) is 25.4 Å². The number of urea groups is 1. The number of hydrogen-bond acceptors (Lipinski definition) is 9. The number of likely N-dealkylation sites (tertiary alicyclic amines) is 1. The van der Waals surface area contributed by atoms with Crippen LogP contribution in [0.15, 0.2) is 73.2 Å². The van der Waals surface area contributed by atoms with Gasteiger partial charge in [-0.15, -0.1) is 0 Å². The molecule has 1 aliphatic carbocycles. The Kier molecular flexibility index (Phi) is 19.9. The Morgan fingerprint density at radius 2 is 1.50 bits per heavy atom. The second-order valence-corrected chi connectivity index (χ2v) is 19.8. The summed E-state index contributed by atoms with van der Waals surface area (Å²) in [7, 11) is -3.46. The van der Waals surface area contributed by atoms with Crippen LogP contribution < -0.4 is 26.0 Å². The molecule has 7 N–H and O–H groups in total. The number of ether oxygens (including phenoxy) is 1. The third-order valence-corrected chi connectivity index (χ3v) is 14.0. The number of nitrogens with one attached hydrogen (secondary N) is 6. The van der Waals surface area contributed by atoms with Crippen LogP contribution in [0.4, 0.5) is 9.59 Å². The fraction of sp³-hybridized carbons (Fsp3) is 0.596. The second-order valence-electron chi connectivity index (χ2n) is 17.8. The number of piperidine rings is 1. The molecule has 0 radical (unpaired) electrons. The van der Waals surface area contributed by atoms with Crippen LogP contribution >= 0.6 is 0 Å². The van der Waals surface area contributed by atoms with Gasteiger partial charge in [0.1, 0.15) is 18.7 Å². The van der Waals surface area contributed by atoms with E-state index in [0.717, 1.165) is 43.2 Å². The number of alkyl carbamates (subject to hydrolysis) is 1. The second kappa shape index (κ2) is 25.5. The standard InChI is InChI=1S/C47H70N8O8S/c1-4-24-64(61,62)50-29-37(33(2)3)27-43(56)40(25-34-14-8-5-9-15-34)52-45(58)42(28-39-30-48-32-49-39)53-44(57)41(26-35-16-10-6-11-17-35)54-46(59)55-22-20-38(21-23-55)51-47(60)63-31-36-18-12-7-13-19-36/h6-7,10-13,16-19,30,32-34,37-38,40-43,50,56H,4-5,8-9,14-15,20-29,31H2,1-3H3,(H,48,49)(H,51,60)(H,52,58)(H,53,57)(H,54,59)/t37-,40+,41+,42+,43+/m1/s1. The van der Waals surface area contributed by atoms with Gasteiger partial charge in [0.2, 0.25) is 21.8 Å². The van der Waals surface area contributed by atoms with Crippen molar-refractivity contribution in [1.82, 2.24) is 40.9 Å². The zero-order valence-electron chi connectivity index (χ0n) is 37.7. The number of aliphatic hydroxyl groups excluding tert-OH is 1. The molecule has 5 atom stereocenters. The highest BCUT2D eigenvalue weighted by Gasteiger charge is 2.34. The largest absolute Gasteiger partial charge is 0.445 e. The monoisotopic (exact) mass is 907 g/mol. The van der Waals surface area contributed by atoms with Gasteiger partial charge in [-0.1, -0.05) is 114 Å². The van der Waals surface area contributed by atoms with Crippen LogP contribution in [0.5, 0.6) is 0 Å². The molecule has 5 rings (SSSR count). The van der Waals surface area contributed by atoms with E-state index in [-0.39, 0.29) is 62.0 Å². The summed E-state index contributed by atoms with van der Waals surface area (Å²) < 4.78 is 33.2. The predicted molar refractivity (Wildman–Crippen MR) is 245 cm³/mol. The summed E-state index contributed by atoms with van der Waals surface area (Å²) >= 11 is 0. The van der Waals surface area contributed by atoms with Crippen molar-refractivity contribution in [3.05, 3.63) is 90.0 Å². The van der Waals surface area contributed by atoms with Crippen LogP contribution in [0.3, 0.4) is 0 Å². The normalized spacial score (nSPS) is 17.4. The summed E-state index contributed by atoms with van der Waals surface area (Å²) in [5.74, 6) is -0.890. The van der Waals surface area contributed by atoms with Crippen molar-refractivity contribution in [1.29, 1.82) is 0 Å². The zero-order valence-corrected chi connectivity index (χ0v) is 38.5. The van der Waals surface area contributed by atoms with E-state index in [1.165, 1.54) is 6.33 Å². The third kappa shape index (κ3) is 16.8. The van der Waals surface area contributed by atoms with Gasteiger partial charge in [0.25, 0.3) is 0 Å². The van der Waals surface area contributed by atoms with Crippen LogP contribution in [0, 0.1) is 17.8 Å². The molecule has 1 aliphatic heterocycles. The minimum Gasteiger partial charge on any atom is -0.445 e. The van der Waals surface area contributed by atoms with Crippen LogP contribution in [-0.4, -0.2) is 108 Å². The quantitative estimate of drug-likeness (QED) is 0.0683. The highest BCUT2D eigenvalue weighted by atomic mass is 32.2. The average molecular weight is 907 g/mol. The van der Waals surface area contributed by atoms with Crippen molar-refractivity contribution >= 4 is 34.0 Å². The van der Waals surface area contributed by atoms with E-state index >= 15 is 0 Å². The number of nitrogens with zero attached hydrogens (tertiary/aromatic N) is 2. The van der Waals surface area contributed by atoms with Gasteiger partial charge >= 0.3 is 12.1 Å². The third-order valence-electron chi connectivity index (χ3n) is 12.5. The van der Waals surface area contributed by atoms with E-state index in [1.54, 1.807) is 11.1 Å². The topological polar surface area (TPSA) is 224 Å². The number of sulfonamides is 1. The molecule has 1 saturated carbocycles. The van der Waals surface area contributed by atoms with Crippen molar-refractivity contribution in [2.24, 2.45) is 17.8 Å². The first-order chi connectivity index (χ1) is 30.8. The number of aliphatic hydroxyl groups is 1. The lowest BCUT2D eigenvalue weighted by molar-refractivity contribution is -0.131. The van der Waals surface area contributed by atoms with Gasteiger partial charge in [-0.05, 0) is 61.0 Å². The SMILES string of the molecule is CCCS(=O)(=O)NC[C@@H](C[C@H](O)[C@H](CC1CCCCC1)NC(=O)[C@H](Cc1cnc[nH]1)NC(=O)[C@H](Cc1ccccc1)NC(=O)N1CCC(NC(=O)OCc2ccccc2)CC1)C(C)C. The molecule has 0 bridgehead atoms. The molecule has 64 heavy (non-hydrogen) atoms. The number of H-pyrrole nitrogens is 1. The molecule has 3 aromatic rings. The number of benzene rings is 2. The van der Waals surface area contributed by atoms with E-state index in [4.69, 9.17) is 4.74 Å². The summed E-state index contributed by atoms with van der Waals surface area (Å²) in [4.78, 5) is 64.0. The summed E-state index contributed by atoms with van der Waals surface area (Å²) in [6.07, 6.45) is 9.32. The molecule has 0 unspecified atom stereocenters. The number of amides is 5. The van der Waals surface area contributed by atoms with Crippen molar-refractivity contribution in [3.63, 3.8) is 0 Å². The molecule has 1 aromatic heterocycles. The Balaban J connectivity index is 1.27. The Morgan fingerprint density at radius 1 is 0.859 bits per heavy atom. The van der Waals surface area contributed by atoms with Crippen LogP contribution in [-0.2, 0) is 43.8 Å². The van der Waals surface area contributed by atoms with E-state index in [1.807, 2.05) is 81.4 Å². The Morgan fingerprint density at radius 3 is 2.12 bits per heavy atom. The maximum atomic E-state index is 14.5. The maximum Gasteiger partial charge on any atom is 0.407 e. The van der Waals surface area contributed by atoms with Crippen LogP contribution in [0.2, 0.25) is 0 Å². The van der Waals surface area contributed by atoms with Crippen LogP contribution in [0.1, 0.15) is 102 Å². The van der Waals surface area contributed by atoms with Crippen molar-refractivity contribution in [2.45, 2.75) is 135 Å². The van der Waals surface area contributed by atoms with E-state index in [9.17, 15) is 32.7 Å². The summed E-state index contributed by atoms with van der Waals surface area (Å²) in [6, 6.07) is 15.3. The van der Waals surface area contributed by atoms with Crippen LogP contribution in [0.25, 0.3) is 0 Å². The van der Waals surface area contributed by atoms with E-state index in [0.29, 0.717) is 44.5 Å². The van der Waals surface area contributed by atoms with Crippen molar-refractivity contribution < 1.29 is 37.4 Å². The maximum absolute atomic E-state index is 14.5. The van der Waals surface area contributed by atoms with E-state index < -0.39 is 58.2 Å². The molecule has 1 saturated heterocycles. The number of carbonyl (C=O) groups is 4. The Bertz CT molecular complexity index is 1980. The van der Waals surface area contributed by atoms with Gasteiger partial charge in [0.15, 0.2) is 0 Å². The predicted octanol–water partition coefficient (Wildman–Crippen LogP) is 4.96. The first-order valence-electron chi connectivity index (χ1n) is 23.1. The van der Waals surface area contributed by atoms with Gasteiger partial charge in [-0.2, -0.15) is 0 Å². The molecule has 17 heteroatoms. The van der Waals surface area contributed by atoms with Gasteiger partial charge in [0, 0.05) is 50.4 Å². The number of imidazole rings is 1. The van der Waals surface area contributed by atoms with Crippen molar-refractivity contribution in [3.8, 4) is 0 Å². The molecular weight excluding hydrogens is 837 g/mol. The lowest BCUT2D eigenvalue weighted by atomic mass is 9.81. The number of carbonyl (C=O) groups excluding carboxylic acids is 4. The molecule has 352 valence electrons. The molecule has 2 heterocycles. The molecule has 2 aromatic carbocycles. The minimum absolute atomic E-state index is 0.0199. The molecule has 2 aliphatic rings. The first-order valence-corrected chi connectivity index (χ1v) is 24.7. The van der Waals surface area contributed by atoms with E-state index in [2.05, 4.69) is 36.0 Å². The fourth-order valence-electron chi connectivity index (χ4n) is 8.57. The van der Waals surface area contributed by atoms with Gasteiger partial charge in [-0.3, -0.25) is 9.59 Å². The minimum atomic E-state index is -3.46. The highest BCUT2D eigenvalue weighted by Crippen LogP contribution is 2.30. The summed E-state index contributed by atoms with van der Waals surface area (Å²) in [5, 5.41) is 23.8. The number of hydrogen-bond donors (Lipinski definition) is 7. The molecular formula is C47H70N8O8S. The number of aromatic amines is 1. The Hall–Kier alpha value is -5.00. The molecule has 0 spiro atoms. The van der Waals surface area contributed by atoms with Gasteiger partial charge in [0.05, 0.1) is 24.2 Å². The summed E-state index contributed by atoms with van der Waals surface area (Å²) in [5.41, 5.74) is 2.29. The highest BCUT2D eigenvalue weighted by molar-refractivity contribution is 7.89. The lowest BCUT2D eigenvalue weighted by Gasteiger charge is -2.34. The average Bonchev–Trinajstić information content (AvgIpc) is 3.80. The molecule has 5 amide bonds. The fourth-order valence-corrected chi connectivity index (χ4v) is 9.72. The smallest absolute Gasteiger partial charge is 0.407 e. The number of aromatic nitrogens is 2. The first kappa shape index (κ1) is 50.0. The molecule has 2 fully saturated rings. The summed E-state index contributed by atoms with van der Waals surface area (Å²) in [6.45, 7) is 6.80. The van der Waals surface area contributed by atoms with Gasteiger partial charge in [-0.25, -0.2) is 27.7 Å². The Labute approximate surface area is 378 Å². The lowest BCUT2D eigenvalue weighted by Crippen LogP contribution is -2.59. The zero-order chi connectivity index (χ0) is 45.9. The molecule has 16 nitrogen and oxygen atoms in total. The number of rotatable bonds is 23. The van der Waals surface area contributed by atoms with Gasteiger partial charge < -0.3 is 41.0 Å².